The molecule has 108 valence electrons. The summed E-state index contributed by atoms with van der Waals surface area (Å²) in [5, 5.41) is 13.1. The van der Waals surface area contributed by atoms with E-state index >= 15 is 0 Å². The van der Waals surface area contributed by atoms with Crippen molar-refractivity contribution in [3.8, 4) is 11.4 Å². The first-order valence-corrected chi connectivity index (χ1v) is 7.64. The lowest BCUT2D eigenvalue weighted by Crippen LogP contribution is -1.96. The van der Waals surface area contributed by atoms with E-state index in [0.717, 1.165) is 40.7 Å². The highest BCUT2D eigenvalue weighted by Crippen LogP contribution is 2.22. The maximum atomic E-state index is 4.81. The maximum Gasteiger partial charge on any atom is 0.191 e. The Morgan fingerprint density at radius 2 is 2.24 bits per heavy atom. The average molecular weight is 301 g/mol. The van der Waals surface area contributed by atoms with Gasteiger partial charge in [0, 0.05) is 36.3 Å². The van der Waals surface area contributed by atoms with E-state index in [9.17, 15) is 0 Å². The fourth-order valence-corrected chi connectivity index (χ4v) is 2.83. The van der Waals surface area contributed by atoms with E-state index in [4.69, 9.17) is 4.52 Å². The number of hydrogen-bond acceptors (Lipinski definition) is 6. The highest BCUT2D eigenvalue weighted by Gasteiger charge is 2.10. The van der Waals surface area contributed by atoms with Crippen LogP contribution in [0, 0.1) is 0 Å². The van der Waals surface area contributed by atoms with E-state index < -0.39 is 0 Å². The third-order valence-electron chi connectivity index (χ3n) is 3.08. The molecule has 0 amide bonds. The minimum atomic E-state index is 0.838. The van der Waals surface area contributed by atoms with Crippen LogP contribution < -0.4 is 0 Å². The van der Waals surface area contributed by atoms with Gasteiger partial charge >= 0.3 is 0 Å². The first kappa shape index (κ1) is 13.8. The van der Waals surface area contributed by atoms with E-state index in [1.807, 2.05) is 23.7 Å². The van der Waals surface area contributed by atoms with Crippen LogP contribution in [-0.2, 0) is 13.5 Å². The predicted octanol–water partition coefficient (Wildman–Crippen LogP) is 2.59. The van der Waals surface area contributed by atoms with E-state index in [1.54, 1.807) is 36.6 Å². The zero-order chi connectivity index (χ0) is 14.5. The minimum Gasteiger partial charge on any atom is -0.364 e. The Bertz CT molecular complexity index is 681. The molecule has 3 aromatic rings. The number of aromatic nitrogens is 5. The standard InChI is InChI=1S/C14H15N5OS/c1-19-13(12-5-2-6-15-9-12)17-18-14(19)21-7-3-4-11-8-16-20-10-11/h2,5-6,8-10H,3-4,7H2,1H3. The van der Waals surface area contributed by atoms with E-state index in [1.165, 1.54) is 0 Å². The Morgan fingerprint density at radius 1 is 1.29 bits per heavy atom. The van der Waals surface area contributed by atoms with Crippen LogP contribution in [0.1, 0.15) is 12.0 Å². The minimum absolute atomic E-state index is 0.838. The Labute approximate surface area is 126 Å². The third-order valence-corrected chi connectivity index (χ3v) is 4.19. The predicted molar refractivity (Wildman–Crippen MR) is 79.8 cm³/mol. The first-order chi connectivity index (χ1) is 10.3. The number of aryl methyl sites for hydroxylation is 1. The average Bonchev–Trinajstić information content (AvgIpc) is 3.15. The van der Waals surface area contributed by atoms with Gasteiger partial charge in [0.25, 0.3) is 0 Å². The number of rotatable bonds is 6. The summed E-state index contributed by atoms with van der Waals surface area (Å²) in [5.74, 6) is 1.81. The molecule has 0 atom stereocenters. The number of hydrogen-bond donors (Lipinski definition) is 0. The molecule has 3 heterocycles. The van der Waals surface area contributed by atoms with Crippen LogP contribution in [0.3, 0.4) is 0 Å². The second-order valence-corrected chi connectivity index (χ2v) is 5.65. The molecule has 0 aromatic carbocycles. The van der Waals surface area contributed by atoms with Crippen molar-refractivity contribution in [2.75, 3.05) is 5.75 Å². The molecule has 0 saturated carbocycles. The molecule has 0 aliphatic rings. The molecule has 0 radical (unpaired) electrons. The summed E-state index contributed by atoms with van der Waals surface area (Å²) in [5.41, 5.74) is 2.11. The van der Waals surface area contributed by atoms with Gasteiger partial charge in [0.2, 0.25) is 0 Å². The monoisotopic (exact) mass is 301 g/mol. The van der Waals surface area contributed by atoms with Gasteiger partial charge in [0.1, 0.15) is 6.26 Å². The van der Waals surface area contributed by atoms with Gasteiger partial charge in [-0.2, -0.15) is 0 Å². The van der Waals surface area contributed by atoms with E-state index in [0.29, 0.717) is 0 Å². The van der Waals surface area contributed by atoms with Crippen molar-refractivity contribution >= 4 is 11.8 Å². The van der Waals surface area contributed by atoms with Crippen LogP contribution in [0.25, 0.3) is 11.4 Å². The van der Waals surface area contributed by atoms with Crippen molar-refractivity contribution in [3.63, 3.8) is 0 Å². The van der Waals surface area contributed by atoms with Crippen LogP contribution >= 0.6 is 11.8 Å². The molecular formula is C14H15N5OS. The summed E-state index contributed by atoms with van der Waals surface area (Å²) in [4.78, 5) is 4.11. The second-order valence-electron chi connectivity index (χ2n) is 4.59. The van der Waals surface area contributed by atoms with Crippen molar-refractivity contribution in [1.82, 2.24) is 24.9 Å². The quantitative estimate of drug-likeness (QED) is 0.515. The van der Waals surface area contributed by atoms with Crippen LogP contribution in [-0.4, -0.2) is 30.7 Å². The van der Waals surface area contributed by atoms with Gasteiger partial charge < -0.3 is 9.09 Å². The lowest BCUT2D eigenvalue weighted by atomic mass is 10.2. The molecule has 21 heavy (non-hydrogen) atoms. The van der Waals surface area contributed by atoms with Crippen molar-refractivity contribution in [3.05, 3.63) is 42.5 Å². The van der Waals surface area contributed by atoms with Gasteiger partial charge in [-0.1, -0.05) is 16.9 Å². The highest BCUT2D eigenvalue weighted by atomic mass is 32.2. The summed E-state index contributed by atoms with van der Waals surface area (Å²) in [7, 11) is 1.98. The molecule has 0 aliphatic heterocycles. The lowest BCUT2D eigenvalue weighted by molar-refractivity contribution is 0.419. The molecule has 0 fully saturated rings. The first-order valence-electron chi connectivity index (χ1n) is 6.65. The Morgan fingerprint density at radius 3 is 3.00 bits per heavy atom. The van der Waals surface area contributed by atoms with Crippen LogP contribution in [0.15, 0.2) is 46.7 Å². The molecule has 0 N–H and O–H groups in total. The van der Waals surface area contributed by atoms with Crippen LogP contribution in [0.2, 0.25) is 0 Å². The number of nitrogens with zero attached hydrogens (tertiary/aromatic N) is 5. The van der Waals surface area contributed by atoms with E-state index in [-0.39, 0.29) is 0 Å². The largest absolute Gasteiger partial charge is 0.364 e. The molecular weight excluding hydrogens is 286 g/mol. The summed E-state index contributed by atoms with van der Waals surface area (Å²) < 4.78 is 6.81. The van der Waals surface area contributed by atoms with Gasteiger partial charge in [0.05, 0.1) is 6.20 Å². The molecule has 0 bridgehead atoms. The van der Waals surface area contributed by atoms with Crippen LogP contribution in [0.4, 0.5) is 0 Å². The lowest BCUT2D eigenvalue weighted by Gasteiger charge is -2.03. The fourth-order valence-electron chi connectivity index (χ4n) is 1.98. The van der Waals surface area contributed by atoms with Crippen LogP contribution in [0.5, 0.6) is 0 Å². The van der Waals surface area contributed by atoms with Gasteiger partial charge in [-0.3, -0.25) is 4.98 Å². The third kappa shape index (κ3) is 3.30. The van der Waals surface area contributed by atoms with Crippen molar-refractivity contribution in [2.45, 2.75) is 18.0 Å². The smallest absolute Gasteiger partial charge is 0.191 e. The van der Waals surface area contributed by atoms with Gasteiger partial charge in [-0.05, 0) is 25.0 Å². The molecule has 0 spiro atoms. The van der Waals surface area contributed by atoms with Crippen molar-refractivity contribution < 1.29 is 4.52 Å². The van der Waals surface area contributed by atoms with Crippen molar-refractivity contribution in [2.24, 2.45) is 7.05 Å². The molecule has 0 aliphatic carbocycles. The van der Waals surface area contributed by atoms with Gasteiger partial charge in [0.15, 0.2) is 11.0 Å². The van der Waals surface area contributed by atoms with Gasteiger partial charge in [-0.15, -0.1) is 10.2 Å². The summed E-state index contributed by atoms with van der Waals surface area (Å²) in [6.45, 7) is 0. The second kappa shape index (κ2) is 6.53. The Hall–Kier alpha value is -2.15. The fraction of sp³-hybridized carbons (Fsp3) is 0.286. The number of pyridine rings is 1. The molecule has 7 heteroatoms. The SMILES string of the molecule is Cn1c(SCCCc2cnoc2)nnc1-c1cccnc1. The molecule has 0 unspecified atom stereocenters. The van der Waals surface area contributed by atoms with Gasteiger partial charge in [-0.25, -0.2) is 0 Å². The summed E-state index contributed by atoms with van der Waals surface area (Å²) >= 11 is 1.70. The Balaban J connectivity index is 1.58. The molecule has 6 nitrogen and oxygen atoms in total. The molecule has 3 aromatic heterocycles. The van der Waals surface area contributed by atoms with E-state index in [2.05, 4.69) is 20.3 Å². The highest BCUT2D eigenvalue weighted by molar-refractivity contribution is 7.99. The normalized spacial score (nSPS) is 10.9. The topological polar surface area (TPSA) is 69.6 Å². The summed E-state index contributed by atoms with van der Waals surface area (Å²) in [6, 6.07) is 3.88. The Kier molecular flexibility index (Phi) is 4.30. The summed E-state index contributed by atoms with van der Waals surface area (Å²) in [6.07, 6.45) is 9.00. The molecule has 0 saturated heterocycles. The maximum absolute atomic E-state index is 4.81. The zero-order valence-corrected chi connectivity index (χ0v) is 12.5. The molecule has 3 rings (SSSR count). The zero-order valence-electron chi connectivity index (χ0n) is 11.6. The number of thioether (sulfide) groups is 1. The van der Waals surface area contributed by atoms with Crippen molar-refractivity contribution in [1.29, 1.82) is 0 Å².